The van der Waals surface area contributed by atoms with Gasteiger partial charge in [0, 0.05) is 32.7 Å². The Bertz CT molecular complexity index is 563. The molecule has 0 unspecified atom stereocenters. The fourth-order valence-corrected chi connectivity index (χ4v) is 2.87. The maximum Gasteiger partial charge on any atom is 0.225 e. The van der Waals surface area contributed by atoms with Crippen molar-refractivity contribution in [2.45, 2.75) is 25.4 Å². The van der Waals surface area contributed by atoms with Gasteiger partial charge in [0.05, 0.1) is 36.4 Å². The molecule has 22 heavy (non-hydrogen) atoms. The van der Waals surface area contributed by atoms with E-state index >= 15 is 0 Å². The van der Waals surface area contributed by atoms with Gasteiger partial charge in [-0.15, -0.1) is 0 Å². The summed E-state index contributed by atoms with van der Waals surface area (Å²) < 4.78 is 0. The average Bonchev–Trinajstić information content (AvgIpc) is 3.07. The van der Waals surface area contributed by atoms with Crippen molar-refractivity contribution >= 4 is 17.5 Å². The third-order valence-electron chi connectivity index (χ3n) is 4.11. The SMILES string of the molecule is CN(c1ncc(Cl)cn1)C1CCN(CCn2nccn2)CC1. The van der Waals surface area contributed by atoms with Crippen LogP contribution in [0.2, 0.25) is 5.02 Å². The molecule has 1 fully saturated rings. The van der Waals surface area contributed by atoms with Crippen LogP contribution in [0.5, 0.6) is 0 Å². The molecule has 2 aromatic heterocycles. The van der Waals surface area contributed by atoms with Crippen molar-refractivity contribution in [3.63, 3.8) is 0 Å². The quantitative estimate of drug-likeness (QED) is 0.827. The summed E-state index contributed by atoms with van der Waals surface area (Å²) in [6, 6.07) is 0.472. The highest BCUT2D eigenvalue weighted by molar-refractivity contribution is 6.30. The maximum atomic E-state index is 5.84. The highest BCUT2D eigenvalue weighted by Gasteiger charge is 2.23. The first-order valence-corrected chi connectivity index (χ1v) is 7.87. The highest BCUT2D eigenvalue weighted by atomic mass is 35.5. The van der Waals surface area contributed by atoms with E-state index in [-0.39, 0.29) is 0 Å². The fraction of sp³-hybridized carbons (Fsp3) is 0.571. The van der Waals surface area contributed by atoms with Gasteiger partial charge in [0.2, 0.25) is 5.95 Å². The van der Waals surface area contributed by atoms with E-state index in [9.17, 15) is 0 Å². The van der Waals surface area contributed by atoms with Crippen molar-refractivity contribution in [3.8, 4) is 0 Å². The summed E-state index contributed by atoms with van der Waals surface area (Å²) >= 11 is 5.84. The number of hydrogen-bond acceptors (Lipinski definition) is 6. The lowest BCUT2D eigenvalue weighted by atomic mass is 10.0. The van der Waals surface area contributed by atoms with Gasteiger partial charge in [0.25, 0.3) is 0 Å². The molecule has 3 heterocycles. The minimum absolute atomic E-state index is 0.472. The molecule has 0 atom stereocenters. The Morgan fingerprint density at radius 3 is 2.41 bits per heavy atom. The predicted molar refractivity (Wildman–Crippen MR) is 84.9 cm³/mol. The molecule has 118 valence electrons. The molecule has 7 nitrogen and oxygen atoms in total. The first-order valence-electron chi connectivity index (χ1n) is 7.49. The van der Waals surface area contributed by atoms with Crippen LogP contribution in [0.4, 0.5) is 5.95 Å². The molecule has 0 amide bonds. The van der Waals surface area contributed by atoms with E-state index in [0.717, 1.165) is 45.0 Å². The van der Waals surface area contributed by atoms with Crippen molar-refractivity contribution < 1.29 is 0 Å². The normalized spacial score (nSPS) is 16.8. The zero-order valence-electron chi connectivity index (χ0n) is 12.6. The lowest BCUT2D eigenvalue weighted by molar-refractivity contribution is 0.198. The first-order chi connectivity index (χ1) is 10.7. The van der Waals surface area contributed by atoms with Gasteiger partial charge >= 0.3 is 0 Å². The molecule has 1 saturated heterocycles. The summed E-state index contributed by atoms with van der Waals surface area (Å²) in [5, 5.41) is 8.84. The van der Waals surface area contributed by atoms with Crippen LogP contribution < -0.4 is 4.90 Å². The largest absolute Gasteiger partial charge is 0.341 e. The molecule has 1 aliphatic rings. The van der Waals surface area contributed by atoms with E-state index in [0.29, 0.717) is 11.1 Å². The number of halogens is 1. The van der Waals surface area contributed by atoms with Crippen LogP contribution >= 0.6 is 11.6 Å². The smallest absolute Gasteiger partial charge is 0.225 e. The summed E-state index contributed by atoms with van der Waals surface area (Å²) in [5.74, 6) is 0.739. The predicted octanol–water partition coefficient (Wildman–Crippen LogP) is 1.32. The summed E-state index contributed by atoms with van der Waals surface area (Å²) in [6.45, 7) is 3.98. The second-order valence-corrected chi connectivity index (χ2v) is 5.95. The molecule has 0 N–H and O–H groups in total. The Morgan fingerprint density at radius 1 is 1.14 bits per heavy atom. The zero-order valence-corrected chi connectivity index (χ0v) is 13.4. The van der Waals surface area contributed by atoms with Gasteiger partial charge in [-0.2, -0.15) is 15.0 Å². The van der Waals surface area contributed by atoms with Crippen molar-refractivity contribution in [1.29, 1.82) is 0 Å². The summed E-state index contributed by atoms with van der Waals surface area (Å²) in [5.41, 5.74) is 0. The molecule has 0 aromatic carbocycles. The Hall–Kier alpha value is -1.73. The van der Waals surface area contributed by atoms with Crippen molar-refractivity contribution in [2.75, 3.05) is 31.6 Å². The van der Waals surface area contributed by atoms with Crippen molar-refractivity contribution in [1.82, 2.24) is 29.9 Å². The number of nitrogens with zero attached hydrogens (tertiary/aromatic N) is 7. The average molecular weight is 322 g/mol. The summed E-state index contributed by atoms with van der Waals surface area (Å²) in [4.78, 5) is 14.9. The summed E-state index contributed by atoms with van der Waals surface area (Å²) in [7, 11) is 2.05. The molecule has 0 saturated carbocycles. The standard InChI is InChI=1S/C14H20ClN7/c1-20(14-16-10-12(15)11-17-14)13-2-6-21(7-3-13)8-9-22-18-4-5-19-22/h4-5,10-11,13H,2-3,6-9H2,1H3. The second-order valence-electron chi connectivity index (χ2n) is 5.51. The van der Waals surface area contributed by atoms with Crippen LogP contribution in [0, 0.1) is 0 Å². The lowest BCUT2D eigenvalue weighted by Gasteiger charge is -2.36. The number of piperidine rings is 1. The molecule has 0 radical (unpaired) electrons. The highest BCUT2D eigenvalue weighted by Crippen LogP contribution is 2.19. The second kappa shape index (κ2) is 7.02. The molecule has 0 aliphatic carbocycles. The molecule has 0 bridgehead atoms. The Balaban J connectivity index is 1.47. The molecular weight excluding hydrogens is 302 g/mol. The van der Waals surface area contributed by atoms with E-state index in [2.05, 4.69) is 37.0 Å². The first kappa shape index (κ1) is 15.2. The Kier molecular flexibility index (Phi) is 4.84. The van der Waals surface area contributed by atoms with E-state index in [1.165, 1.54) is 0 Å². The van der Waals surface area contributed by atoms with Crippen LogP contribution in [0.25, 0.3) is 0 Å². The van der Waals surface area contributed by atoms with Crippen LogP contribution in [0.15, 0.2) is 24.8 Å². The molecule has 1 aliphatic heterocycles. The number of anilines is 1. The van der Waals surface area contributed by atoms with Gasteiger partial charge in [0.1, 0.15) is 0 Å². The van der Waals surface area contributed by atoms with Crippen molar-refractivity contribution in [2.24, 2.45) is 0 Å². The lowest BCUT2D eigenvalue weighted by Crippen LogP contribution is -2.44. The topological polar surface area (TPSA) is 63.0 Å². The third-order valence-corrected chi connectivity index (χ3v) is 4.30. The van der Waals surface area contributed by atoms with E-state index in [1.807, 2.05) is 0 Å². The van der Waals surface area contributed by atoms with Crippen molar-refractivity contribution in [3.05, 3.63) is 29.8 Å². The van der Waals surface area contributed by atoms with Gasteiger partial charge < -0.3 is 9.80 Å². The fourth-order valence-electron chi connectivity index (χ4n) is 2.77. The monoisotopic (exact) mass is 321 g/mol. The summed E-state index contributed by atoms with van der Waals surface area (Å²) in [6.07, 6.45) is 8.93. The van der Waals surface area contributed by atoms with E-state index < -0.39 is 0 Å². The van der Waals surface area contributed by atoms with Crippen LogP contribution in [0.3, 0.4) is 0 Å². The van der Waals surface area contributed by atoms with E-state index in [4.69, 9.17) is 11.6 Å². The number of aromatic nitrogens is 5. The molecular formula is C14H20ClN7. The third kappa shape index (κ3) is 3.72. The van der Waals surface area contributed by atoms with Gasteiger partial charge in [-0.25, -0.2) is 9.97 Å². The minimum atomic E-state index is 0.472. The van der Waals surface area contributed by atoms with Gasteiger partial charge in [-0.1, -0.05) is 11.6 Å². The van der Waals surface area contributed by atoms with Crippen LogP contribution in [-0.4, -0.2) is 62.6 Å². The van der Waals surface area contributed by atoms with Gasteiger partial charge in [0.15, 0.2) is 0 Å². The number of rotatable bonds is 5. The Labute approximate surface area is 134 Å². The van der Waals surface area contributed by atoms with Gasteiger partial charge in [-0.3, -0.25) is 0 Å². The molecule has 0 spiro atoms. The maximum absolute atomic E-state index is 5.84. The number of likely N-dealkylation sites (tertiary alicyclic amines) is 1. The molecule has 8 heteroatoms. The Morgan fingerprint density at radius 2 is 1.77 bits per heavy atom. The minimum Gasteiger partial charge on any atom is -0.341 e. The van der Waals surface area contributed by atoms with E-state index in [1.54, 1.807) is 29.6 Å². The zero-order chi connectivity index (χ0) is 15.4. The van der Waals surface area contributed by atoms with Crippen LogP contribution in [0.1, 0.15) is 12.8 Å². The van der Waals surface area contributed by atoms with Crippen LogP contribution in [-0.2, 0) is 6.54 Å². The number of hydrogen-bond donors (Lipinski definition) is 0. The molecule has 3 rings (SSSR count). The van der Waals surface area contributed by atoms with Gasteiger partial charge in [-0.05, 0) is 12.8 Å². The molecule has 2 aromatic rings.